The van der Waals surface area contributed by atoms with E-state index in [1.54, 1.807) is 0 Å². The molecule has 0 unspecified atom stereocenters. The van der Waals surface area contributed by atoms with Crippen LogP contribution in [0.15, 0.2) is 18.2 Å². The lowest BCUT2D eigenvalue weighted by Gasteiger charge is -2.09. The minimum absolute atomic E-state index is 0.111. The number of rotatable bonds is 5. The molecule has 6 nitrogen and oxygen atoms in total. The summed E-state index contributed by atoms with van der Waals surface area (Å²) in [7, 11) is 0. The number of ketones is 3. The van der Waals surface area contributed by atoms with Crippen molar-refractivity contribution in [1.29, 1.82) is 0 Å². The van der Waals surface area contributed by atoms with Gasteiger partial charge in [-0.05, 0) is 26.0 Å². The molecule has 0 radical (unpaired) electrons. The molecule has 0 saturated carbocycles. The maximum absolute atomic E-state index is 12.1. The fourth-order valence-corrected chi connectivity index (χ4v) is 1.85. The molecule has 0 saturated heterocycles. The quantitative estimate of drug-likeness (QED) is 0.357. The highest BCUT2D eigenvalue weighted by Gasteiger charge is 2.33. The Labute approximate surface area is 113 Å². The van der Waals surface area contributed by atoms with Crippen LogP contribution in [0.1, 0.15) is 24.2 Å². The first-order valence-corrected chi connectivity index (χ1v) is 5.62. The minimum atomic E-state index is -1.53. The van der Waals surface area contributed by atoms with Crippen LogP contribution in [-0.2, 0) is 9.59 Å². The zero-order chi connectivity index (χ0) is 14.7. The van der Waals surface area contributed by atoms with Crippen molar-refractivity contribution >= 4 is 34.6 Å². The number of hydrogen-bond acceptors (Lipinski definition) is 5. The van der Waals surface area contributed by atoms with E-state index in [0.717, 1.165) is 26.0 Å². The third-order valence-corrected chi connectivity index (χ3v) is 2.73. The summed E-state index contributed by atoms with van der Waals surface area (Å²) in [4.78, 5) is 44.8. The van der Waals surface area contributed by atoms with E-state index in [2.05, 4.69) is 0 Å². The van der Waals surface area contributed by atoms with Crippen molar-refractivity contribution in [1.82, 2.24) is 0 Å². The first-order valence-electron chi connectivity index (χ1n) is 5.24. The zero-order valence-corrected chi connectivity index (χ0v) is 10.9. The summed E-state index contributed by atoms with van der Waals surface area (Å²) in [5.41, 5.74) is -0.824. The average Bonchev–Trinajstić information content (AvgIpc) is 2.27. The summed E-state index contributed by atoms with van der Waals surface area (Å²) in [6.07, 6.45) is 0. The Kier molecular flexibility index (Phi) is 4.50. The molecule has 1 rings (SSSR count). The highest BCUT2D eigenvalue weighted by atomic mass is 35.5. The van der Waals surface area contributed by atoms with Gasteiger partial charge in [0.05, 0.1) is 10.5 Å². The van der Waals surface area contributed by atoms with E-state index >= 15 is 0 Å². The van der Waals surface area contributed by atoms with E-state index in [-0.39, 0.29) is 10.6 Å². The highest BCUT2D eigenvalue weighted by molar-refractivity contribution is 6.32. The Morgan fingerprint density at radius 3 is 2.16 bits per heavy atom. The van der Waals surface area contributed by atoms with E-state index in [1.165, 1.54) is 6.07 Å². The lowest BCUT2D eigenvalue weighted by Crippen LogP contribution is -2.29. The summed E-state index contributed by atoms with van der Waals surface area (Å²) >= 11 is 5.68. The molecule has 0 aliphatic heterocycles. The standard InChI is InChI=1S/C12H10ClNO5/c1-6(15)11(7(2)16)12(17)9-5-8(13)3-4-10(9)14(18)19/h3-5,11H,1-2H3. The van der Waals surface area contributed by atoms with Gasteiger partial charge in [-0.3, -0.25) is 24.5 Å². The summed E-state index contributed by atoms with van der Waals surface area (Å²) < 4.78 is 0. The van der Waals surface area contributed by atoms with Gasteiger partial charge in [-0.2, -0.15) is 0 Å². The monoisotopic (exact) mass is 283 g/mol. The second kappa shape index (κ2) is 5.71. The van der Waals surface area contributed by atoms with E-state index < -0.39 is 33.9 Å². The molecular formula is C12H10ClNO5. The Balaban J connectivity index is 3.39. The largest absolute Gasteiger partial charge is 0.299 e. The maximum Gasteiger partial charge on any atom is 0.280 e. The van der Waals surface area contributed by atoms with Gasteiger partial charge < -0.3 is 0 Å². The van der Waals surface area contributed by atoms with E-state index in [1.807, 2.05) is 0 Å². The highest BCUT2D eigenvalue weighted by Crippen LogP contribution is 2.25. The topological polar surface area (TPSA) is 94.3 Å². The van der Waals surface area contributed by atoms with Crippen molar-refractivity contribution in [2.75, 3.05) is 0 Å². The molecule has 0 aromatic heterocycles. The number of Topliss-reactive ketones (excluding diaryl/α,β-unsaturated/α-hetero) is 3. The lowest BCUT2D eigenvalue weighted by molar-refractivity contribution is -0.385. The predicted molar refractivity (Wildman–Crippen MR) is 67.3 cm³/mol. The predicted octanol–water partition coefficient (Wildman–Crippen LogP) is 2.23. The molecule has 0 heterocycles. The first-order chi connectivity index (χ1) is 8.75. The van der Waals surface area contributed by atoms with Crippen LogP contribution in [0.25, 0.3) is 0 Å². The number of carbonyl (C=O) groups is 3. The molecule has 0 aliphatic rings. The van der Waals surface area contributed by atoms with Gasteiger partial charge >= 0.3 is 0 Å². The van der Waals surface area contributed by atoms with Gasteiger partial charge in [-0.15, -0.1) is 0 Å². The number of halogens is 1. The summed E-state index contributed by atoms with van der Waals surface area (Å²) in [5, 5.41) is 11.0. The summed E-state index contributed by atoms with van der Waals surface area (Å²) in [6, 6.07) is 3.40. The third kappa shape index (κ3) is 3.23. The van der Waals surface area contributed by atoms with E-state index in [0.29, 0.717) is 0 Å². The van der Waals surface area contributed by atoms with Crippen molar-refractivity contribution in [2.24, 2.45) is 5.92 Å². The fraction of sp³-hybridized carbons (Fsp3) is 0.250. The van der Waals surface area contributed by atoms with Crippen LogP contribution in [0.2, 0.25) is 5.02 Å². The van der Waals surface area contributed by atoms with Crippen LogP contribution in [0, 0.1) is 16.0 Å². The number of nitro benzene ring substituents is 1. The average molecular weight is 284 g/mol. The summed E-state index contributed by atoms with van der Waals surface area (Å²) in [6.45, 7) is 2.17. The minimum Gasteiger partial charge on any atom is -0.299 e. The van der Waals surface area contributed by atoms with Crippen molar-refractivity contribution in [3.05, 3.63) is 38.9 Å². The number of nitro groups is 1. The SMILES string of the molecule is CC(=O)C(C(C)=O)C(=O)c1cc(Cl)ccc1[N+](=O)[O-]. The molecule has 100 valence electrons. The maximum atomic E-state index is 12.1. The van der Waals surface area contributed by atoms with Gasteiger partial charge in [0.15, 0.2) is 5.78 Å². The second-order valence-corrected chi connectivity index (χ2v) is 4.37. The lowest BCUT2D eigenvalue weighted by atomic mass is 9.90. The van der Waals surface area contributed by atoms with Crippen LogP contribution < -0.4 is 0 Å². The van der Waals surface area contributed by atoms with Gasteiger partial charge in [-0.25, -0.2) is 0 Å². The zero-order valence-electron chi connectivity index (χ0n) is 10.2. The Bertz CT molecular complexity index is 567. The third-order valence-electron chi connectivity index (χ3n) is 2.50. The molecule has 0 amide bonds. The molecule has 0 atom stereocenters. The molecule has 0 aliphatic carbocycles. The molecule has 0 spiro atoms. The summed E-state index contributed by atoms with van der Waals surface area (Å²) in [5.74, 6) is -3.76. The smallest absolute Gasteiger partial charge is 0.280 e. The van der Waals surface area contributed by atoms with Gasteiger partial charge in [0.1, 0.15) is 17.5 Å². The number of hydrogen-bond donors (Lipinski definition) is 0. The molecule has 0 N–H and O–H groups in total. The number of carbonyl (C=O) groups excluding carboxylic acids is 3. The van der Waals surface area contributed by atoms with Gasteiger partial charge in [0.25, 0.3) is 5.69 Å². The van der Waals surface area contributed by atoms with Gasteiger partial charge in [-0.1, -0.05) is 11.6 Å². The van der Waals surface area contributed by atoms with Crippen LogP contribution >= 0.6 is 11.6 Å². The normalized spacial score (nSPS) is 10.3. The fourth-order valence-electron chi connectivity index (χ4n) is 1.68. The Morgan fingerprint density at radius 2 is 1.74 bits per heavy atom. The van der Waals surface area contributed by atoms with Crippen molar-refractivity contribution in [2.45, 2.75) is 13.8 Å². The van der Waals surface area contributed by atoms with Crippen LogP contribution in [-0.4, -0.2) is 22.3 Å². The van der Waals surface area contributed by atoms with Crippen molar-refractivity contribution in [3.63, 3.8) is 0 Å². The van der Waals surface area contributed by atoms with Crippen molar-refractivity contribution in [3.8, 4) is 0 Å². The molecule has 7 heteroatoms. The molecule has 19 heavy (non-hydrogen) atoms. The van der Waals surface area contributed by atoms with E-state index in [9.17, 15) is 24.5 Å². The molecule has 1 aromatic rings. The van der Waals surface area contributed by atoms with Gasteiger partial charge in [0.2, 0.25) is 0 Å². The van der Waals surface area contributed by atoms with Crippen molar-refractivity contribution < 1.29 is 19.3 Å². The van der Waals surface area contributed by atoms with Crippen LogP contribution in [0.5, 0.6) is 0 Å². The Morgan fingerprint density at radius 1 is 1.21 bits per heavy atom. The molecular weight excluding hydrogens is 274 g/mol. The van der Waals surface area contributed by atoms with Gasteiger partial charge in [0, 0.05) is 11.1 Å². The second-order valence-electron chi connectivity index (χ2n) is 3.94. The molecule has 0 bridgehead atoms. The molecule has 0 fully saturated rings. The molecule has 1 aromatic carbocycles. The first kappa shape index (κ1) is 15.0. The van der Waals surface area contributed by atoms with E-state index in [4.69, 9.17) is 11.6 Å². The Hall–Kier alpha value is -2.08. The number of nitrogens with zero attached hydrogens (tertiary/aromatic N) is 1. The van der Waals surface area contributed by atoms with Crippen LogP contribution in [0.3, 0.4) is 0 Å². The van der Waals surface area contributed by atoms with Crippen LogP contribution in [0.4, 0.5) is 5.69 Å². The number of benzene rings is 1.